The molecule has 0 heterocycles. The molecule has 0 aliphatic heterocycles. The number of nitro groups is 1. The molecule has 1 rings (SSSR count). The average Bonchev–Trinajstić information content (AvgIpc) is 2.34. The maximum atomic E-state index is 12.7. The third-order valence-corrected chi connectivity index (χ3v) is 2.51. The molecule has 0 radical (unpaired) electrons. The van der Waals surface area contributed by atoms with E-state index < -0.39 is 28.5 Å². The average molecular weight is 278 g/mol. The molecule has 0 aliphatic carbocycles. The largest absolute Gasteiger partial charge is 0.423 e. The van der Waals surface area contributed by atoms with Crippen molar-refractivity contribution in [3.05, 3.63) is 33.9 Å². The van der Waals surface area contributed by atoms with E-state index in [1.807, 2.05) is 0 Å². The molecule has 0 spiro atoms. The van der Waals surface area contributed by atoms with E-state index in [1.165, 1.54) is 6.07 Å². The highest BCUT2D eigenvalue weighted by Crippen LogP contribution is 2.37. The van der Waals surface area contributed by atoms with E-state index in [1.54, 1.807) is 6.92 Å². The van der Waals surface area contributed by atoms with Gasteiger partial charge in [0.15, 0.2) is 0 Å². The number of nitrogens with one attached hydrogen (secondary N) is 1. The third kappa shape index (κ3) is 4.09. The van der Waals surface area contributed by atoms with Gasteiger partial charge in [-0.3, -0.25) is 10.1 Å². The number of halogens is 3. The number of hydrogen-bond donors (Lipinski definition) is 2. The van der Waals surface area contributed by atoms with Crippen molar-refractivity contribution < 1.29 is 23.2 Å². The molecule has 2 N–H and O–H groups in total. The number of nitro benzene ring substituents is 1. The zero-order chi connectivity index (χ0) is 14.6. The molecule has 8 heteroatoms. The number of rotatable bonds is 5. The first-order valence-corrected chi connectivity index (χ1v) is 5.53. The van der Waals surface area contributed by atoms with Crippen LogP contribution in [0, 0.1) is 10.1 Å². The zero-order valence-electron chi connectivity index (χ0n) is 10.1. The van der Waals surface area contributed by atoms with Gasteiger partial charge in [0.25, 0.3) is 5.69 Å². The van der Waals surface area contributed by atoms with Gasteiger partial charge in [0.05, 0.1) is 11.0 Å². The SMILES string of the molecule is CCC(O)CNc1ccc([N+](=O)[O-])c(C(F)(F)F)c1. The van der Waals surface area contributed by atoms with E-state index in [0.717, 1.165) is 6.07 Å². The molecule has 0 amide bonds. The van der Waals surface area contributed by atoms with Crippen LogP contribution < -0.4 is 5.32 Å². The van der Waals surface area contributed by atoms with Gasteiger partial charge in [-0.2, -0.15) is 13.2 Å². The van der Waals surface area contributed by atoms with E-state index in [9.17, 15) is 28.4 Å². The van der Waals surface area contributed by atoms with Crippen molar-refractivity contribution in [2.75, 3.05) is 11.9 Å². The van der Waals surface area contributed by atoms with Crippen molar-refractivity contribution in [2.45, 2.75) is 25.6 Å². The molecule has 0 aromatic heterocycles. The van der Waals surface area contributed by atoms with Crippen LogP contribution in [0.25, 0.3) is 0 Å². The van der Waals surface area contributed by atoms with Crippen molar-refractivity contribution in [1.82, 2.24) is 0 Å². The smallest absolute Gasteiger partial charge is 0.391 e. The van der Waals surface area contributed by atoms with E-state index in [2.05, 4.69) is 5.32 Å². The summed E-state index contributed by atoms with van der Waals surface area (Å²) in [5.41, 5.74) is -2.23. The van der Waals surface area contributed by atoms with Crippen LogP contribution in [-0.4, -0.2) is 22.7 Å². The fourth-order valence-corrected chi connectivity index (χ4v) is 1.41. The lowest BCUT2D eigenvalue weighted by molar-refractivity contribution is -0.388. The van der Waals surface area contributed by atoms with Crippen molar-refractivity contribution in [3.8, 4) is 0 Å². The van der Waals surface area contributed by atoms with Gasteiger partial charge in [-0.25, -0.2) is 0 Å². The van der Waals surface area contributed by atoms with Crippen molar-refractivity contribution in [3.63, 3.8) is 0 Å². The van der Waals surface area contributed by atoms with Gasteiger partial charge >= 0.3 is 6.18 Å². The highest BCUT2D eigenvalue weighted by atomic mass is 19.4. The van der Waals surface area contributed by atoms with Crippen LogP contribution in [0.4, 0.5) is 24.5 Å². The maximum absolute atomic E-state index is 12.7. The van der Waals surface area contributed by atoms with E-state index in [4.69, 9.17) is 0 Å². The van der Waals surface area contributed by atoms with Crippen molar-refractivity contribution in [2.24, 2.45) is 0 Å². The number of aliphatic hydroxyl groups is 1. The van der Waals surface area contributed by atoms with Gasteiger partial charge in [-0.05, 0) is 18.6 Å². The second kappa shape index (κ2) is 5.87. The summed E-state index contributed by atoms with van der Waals surface area (Å²) in [7, 11) is 0. The summed E-state index contributed by atoms with van der Waals surface area (Å²) >= 11 is 0. The molecule has 19 heavy (non-hydrogen) atoms. The molecule has 1 unspecified atom stereocenters. The molecule has 1 aromatic carbocycles. The molecule has 0 saturated carbocycles. The molecule has 0 aliphatic rings. The van der Waals surface area contributed by atoms with Crippen LogP contribution >= 0.6 is 0 Å². The van der Waals surface area contributed by atoms with Gasteiger partial charge in [0, 0.05) is 18.3 Å². The summed E-state index contributed by atoms with van der Waals surface area (Å²) in [5.74, 6) is 0. The highest BCUT2D eigenvalue weighted by Gasteiger charge is 2.38. The Morgan fingerprint density at radius 2 is 2.11 bits per heavy atom. The lowest BCUT2D eigenvalue weighted by atomic mass is 10.1. The minimum Gasteiger partial charge on any atom is -0.391 e. The summed E-state index contributed by atoms with van der Waals surface area (Å²) in [6.45, 7) is 1.80. The van der Waals surface area contributed by atoms with Gasteiger partial charge in [-0.15, -0.1) is 0 Å². The Kier molecular flexibility index (Phi) is 4.71. The van der Waals surface area contributed by atoms with Gasteiger partial charge in [0.2, 0.25) is 0 Å². The first-order valence-electron chi connectivity index (χ1n) is 5.53. The quantitative estimate of drug-likeness (QED) is 0.641. The summed E-state index contributed by atoms with van der Waals surface area (Å²) in [5, 5.41) is 22.4. The van der Waals surface area contributed by atoms with Crippen LogP contribution in [0.1, 0.15) is 18.9 Å². The molecule has 0 bridgehead atoms. The molecule has 0 saturated heterocycles. The van der Waals surface area contributed by atoms with Gasteiger partial charge in [-0.1, -0.05) is 6.92 Å². The fraction of sp³-hybridized carbons (Fsp3) is 0.455. The topological polar surface area (TPSA) is 75.4 Å². The first kappa shape index (κ1) is 15.2. The Morgan fingerprint density at radius 3 is 2.58 bits per heavy atom. The Hall–Kier alpha value is -1.83. The molecular formula is C11H13F3N2O3. The molecule has 0 fully saturated rings. The standard InChI is InChI=1S/C11H13F3N2O3/c1-2-8(17)6-15-7-3-4-10(16(18)19)9(5-7)11(12,13)14/h3-5,8,15,17H,2,6H2,1H3. The minimum absolute atomic E-state index is 0.0745. The summed E-state index contributed by atoms with van der Waals surface area (Å²) in [6.07, 6.45) is -5.04. The number of nitrogens with zero attached hydrogens (tertiary/aromatic N) is 1. The van der Waals surface area contributed by atoms with E-state index in [0.29, 0.717) is 12.5 Å². The lowest BCUT2D eigenvalue weighted by Gasteiger charge is -2.13. The lowest BCUT2D eigenvalue weighted by Crippen LogP contribution is -2.18. The fourth-order valence-electron chi connectivity index (χ4n) is 1.41. The van der Waals surface area contributed by atoms with Gasteiger partial charge < -0.3 is 10.4 Å². The number of anilines is 1. The van der Waals surface area contributed by atoms with Crippen LogP contribution in [0.3, 0.4) is 0 Å². The Morgan fingerprint density at radius 1 is 1.47 bits per heavy atom. The normalized spacial score (nSPS) is 13.1. The van der Waals surface area contributed by atoms with Crippen LogP contribution in [0.2, 0.25) is 0 Å². The zero-order valence-corrected chi connectivity index (χ0v) is 10.1. The molecule has 5 nitrogen and oxygen atoms in total. The van der Waals surface area contributed by atoms with Crippen molar-refractivity contribution in [1.29, 1.82) is 0 Å². The number of benzene rings is 1. The Balaban J connectivity index is 3.02. The monoisotopic (exact) mass is 278 g/mol. The third-order valence-electron chi connectivity index (χ3n) is 2.51. The summed E-state index contributed by atoms with van der Waals surface area (Å²) < 4.78 is 38.0. The summed E-state index contributed by atoms with van der Waals surface area (Å²) in [4.78, 5) is 9.46. The molecule has 106 valence electrons. The van der Waals surface area contributed by atoms with E-state index in [-0.39, 0.29) is 12.2 Å². The van der Waals surface area contributed by atoms with Crippen molar-refractivity contribution >= 4 is 11.4 Å². The second-order valence-electron chi connectivity index (χ2n) is 3.93. The Bertz CT molecular complexity index is 463. The minimum atomic E-state index is -4.80. The number of alkyl halides is 3. The predicted molar refractivity (Wildman–Crippen MR) is 62.9 cm³/mol. The van der Waals surface area contributed by atoms with Crippen LogP contribution in [0.5, 0.6) is 0 Å². The highest BCUT2D eigenvalue weighted by molar-refractivity contribution is 5.55. The first-order chi connectivity index (χ1) is 8.75. The second-order valence-corrected chi connectivity index (χ2v) is 3.93. The van der Waals surface area contributed by atoms with E-state index >= 15 is 0 Å². The molecule has 1 atom stereocenters. The van der Waals surface area contributed by atoms with Crippen LogP contribution in [-0.2, 0) is 6.18 Å². The number of aliphatic hydroxyl groups excluding tert-OH is 1. The van der Waals surface area contributed by atoms with Crippen LogP contribution in [0.15, 0.2) is 18.2 Å². The molecule has 1 aromatic rings. The maximum Gasteiger partial charge on any atom is 0.423 e. The predicted octanol–water partition coefficient (Wildman–Crippen LogP) is 2.80. The molecular weight excluding hydrogens is 265 g/mol. The summed E-state index contributed by atoms with van der Waals surface area (Å²) in [6, 6.07) is 2.64. The Labute approximate surface area is 107 Å². The van der Waals surface area contributed by atoms with Gasteiger partial charge in [0.1, 0.15) is 5.56 Å². The number of hydrogen-bond acceptors (Lipinski definition) is 4.